The molecule has 3 heterocycles. The quantitative estimate of drug-likeness (QED) is 0.359. The van der Waals surface area contributed by atoms with E-state index in [9.17, 15) is 18.3 Å². The zero-order valence-corrected chi connectivity index (χ0v) is 24.5. The fraction of sp³-hybridized carbons (Fsp3) is 0.448. The molecule has 41 heavy (non-hydrogen) atoms. The van der Waals surface area contributed by atoms with Gasteiger partial charge in [-0.15, -0.1) is 0 Å². The minimum Gasteiger partial charge on any atom is -0.488 e. The van der Waals surface area contributed by atoms with Gasteiger partial charge >= 0.3 is 0 Å². The van der Waals surface area contributed by atoms with Crippen LogP contribution < -0.4 is 15.4 Å². The topological polar surface area (TPSA) is 147 Å². The summed E-state index contributed by atoms with van der Waals surface area (Å²) in [6.45, 7) is 8.21. The van der Waals surface area contributed by atoms with E-state index in [2.05, 4.69) is 32.5 Å². The van der Waals surface area contributed by atoms with Crippen LogP contribution in [0.3, 0.4) is 0 Å². The maximum absolute atomic E-state index is 12.9. The van der Waals surface area contributed by atoms with Crippen LogP contribution in [0.15, 0.2) is 41.6 Å². The molecule has 2 aliphatic rings. The third-order valence-electron chi connectivity index (χ3n) is 7.71. The zero-order valence-electron chi connectivity index (χ0n) is 23.7. The molecule has 0 bridgehead atoms. The zero-order chi connectivity index (χ0) is 29.3. The summed E-state index contributed by atoms with van der Waals surface area (Å²) in [5.74, 6) is 1.34. The summed E-state index contributed by atoms with van der Waals surface area (Å²) in [5, 5.41) is 15.0. The third kappa shape index (κ3) is 5.84. The minimum absolute atomic E-state index is 0.0112. The first-order valence-electron chi connectivity index (χ1n) is 13.9. The molecule has 1 fully saturated rings. The van der Waals surface area contributed by atoms with Crippen LogP contribution in [0, 0.1) is 6.92 Å². The highest BCUT2D eigenvalue weighted by Crippen LogP contribution is 2.45. The number of piperidine rings is 1. The maximum atomic E-state index is 12.9. The van der Waals surface area contributed by atoms with E-state index in [0.29, 0.717) is 30.6 Å². The SMILES string of the molecule is Cc1cc(Nc2ncnc(Nc3ccccc3S(=O)(=O)C(C)C)n2)c2c(c1C1CCN(C(=O)CO)CC1)C[C@@H](C)O2. The number of benzene rings is 2. The van der Waals surface area contributed by atoms with E-state index in [-0.39, 0.29) is 22.9 Å². The standard InChI is InChI=1S/C29H36N6O5S/c1-17(2)41(38,39)24-8-6-5-7-22(24)32-28-30-16-31-29(34-28)33-23-13-18(3)26(21-14-19(4)40-27(21)23)20-9-11-35(12-10-20)25(37)15-36/h5-8,13,16-17,19-20,36H,9-12,14-15H2,1-4H3,(H2,30,31,32,33,34)/t19-/m1/s1. The molecule has 1 saturated heterocycles. The summed E-state index contributed by atoms with van der Waals surface area (Å²) in [5.41, 5.74) is 4.69. The van der Waals surface area contributed by atoms with Crippen molar-refractivity contribution in [3.05, 3.63) is 53.3 Å². The monoisotopic (exact) mass is 580 g/mol. The molecule has 3 aromatic rings. The van der Waals surface area contributed by atoms with Gasteiger partial charge < -0.3 is 25.4 Å². The lowest BCUT2D eigenvalue weighted by Gasteiger charge is -2.33. The first kappa shape index (κ1) is 28.7. The Balaban J connectivity index is 1.40. The van der Waals surface area contributed by atoms with Crippen molar-refractivity contribution >= 4 is 39.0 Å². The number of ether oxygens (including phenoxy) is 1. The highest BCUT2D eigenvalue weighted by atomic mass is 32.2. The van der Waals surface area contributed by atoms with Crippen molar-refractivity contribution in [2.45, 2.75) is 69.1 Å². The molecule has 2 aliphatic heterocycles. The van der Waals surface area contributed by atoms with Gasteiger partial charge in [0.15, 0.2) is 9.84 Å². The molecule has 3 N–H and O–H groups in total. The van der Waals surface area contributed by atoms with Crippen LogP contribution in [-0.2, 0) is 21.1 Å². The highest BCUT2D eigenvalue weighted by molar-refractivity contribution is 7.92. The van der Waals surface area contributed by atoms with E-state index in [1.165, 1.54) is 11.9 Å². The van der Waals surface area contributed by atoms with Gasteiger partial charge in [-0.2, -0.15) is 4.98 Å². The van der Waals surface area contributed by atoms with Crippen molar-refractivity contribution < 1.29 is 23.1 Å². The molecule has 1 amide bonds. The Morgan fingerprint density at radius 3 is 2.44 bits per heavy atom. The molecule has 218 valence electrons. The molecular weight excluding hydrogens is 544 g/mol. The summed E-state index contributed by atoms with van der Waals surface area (Å²) in [6.07, 6.45) is 3.82. The van der Waals surface area contributed by atoms with Crippen LogP contribution in [0.1, 0.15) is 56.2 Å². The summed E-state index contributed by atoms with van der Waals surface area (Å²) < 4.78 is 32.0. The maximum Gasteiger partial charge on any atom is 0.248 e. The van der Waals surface area contributed by atoms with E-state index in [0.717, 1.165) is 41.8 Å². The fourth-order valence-corrected chi connectivity index (χ4v) is 6.86. The summed E-state index contributed by atoms with van der Waals surface area (Å²) >= 11 is 0. The summed E-state index contributed by atoms with van der Waals surface area (Å²) in [7, 11) is -3.52. The molecule has 0 aliphatic carbocycles. The Morgan fingerprint density at radius 1 is 1.12 bits per heavy atom. The van der Waals surface area contributed by atoms with Crippen molar-refractivity contribution in [3.63, 3.8) is 0 Å². The van der Waals surface area contributed by atoms with Crippen molar-refractivity contribution in [3.8, 4) is 5.75 Å². The average molecular weight is 581 g/mol. The lowest BCUT2D eigenvalue weighted by atomic mass is 9.82. The Hall–Kier alpha value is -3.77. The lowest BCUT2D eigenvalue weighted by molar-refractivity contribution is -0.135. The van der Waals surface area contributed by atoms with E-state index < -0.39 is 21.7 Å². The number of anilines is 4. The molecular formula is C29H36N6O5S. The first-order chi connectivity index (χ1) is 19.6. The van der Waals surface area contributed by atoms with Crippen LogP contribution in [0.2, 0.25) is 0 Å². The number of hydrogen-bond acceptors (Lipinski definition) is 10. The van der Waals surface area contributed by atoms with Crippen molar-refractivity contribution in [2.75, 3.05) is 30.3 Å². The number of hydrogen-bond donors (Lipinski definition) is 3. The predicted octanol–water partition coefficient (Wildman–Crippen LogP) is 3.87. The number of aliphatic hydroxyl groups is 1. The number of carbonyl (C=O) groups excluding carboxylic acids is 1. The van der Waals surface area contributed by atoms with Gasteiger partial charge in [-0.05, 0) is 75.8 Å². The summed E-state index contributed by atoms with van der Waals surface area (Å²) in [6, 6.07) is 8.73. The number of amides is 1. The van der Waals surface area contributed by atoms with Gasteiger partial charge in [-0.25, -0.2) is 18.4 Å². The predicted molar refractivity (Wildman–Crippen MR) is 156 cm³/mol. The Kier molecular flexibility index (Phi) is 8.14. The Bertz CT molecular complexity index is 1550. The smallest absolute Gasteiger partial charge is 0.248 e. The minimum atomic E-state index is -3.52. The number of fused-ring (bicyclic) bond motifs is 1. The molecule has 12 heteroatoms. The Labute approximate surface area is 240 Å². The van der Waals surface area contributed by atoms with E-state index in [1.807, 2.05) is 13.0 Å². The van der Waals surface area contributed by atoms with Gasteiger partial charge in [0, 0.05) is 25.1 Å². The van der Waals surface area contributed by atoms with E-state index >= 15 is 0 Å². The fourth-order valence-electron chi connectivity index (χ4n) is 5.66. The molecule has 0 spiro atoms. The third-order valence-corrected chi connectivity index (χ3v) is 9.92. The number of aliphatic hydroxyl groups excluding tert-OH is 1. The van der Waals surface area contributed by atoms with Crippen LogP contribution >= 0.6 is 0 Å². The van der Waals surface area contributed by atoms with E-state index in [4.69, 9.17) is 4.74 Å². The van der Waals surface area contributed by atoms with Crippen molar-refractivity contribution in [2.24, 2.45) is 0 Å². The number of sulfone groups is 1. The van der Waals surface area contributed by atoms with Gasteiger partial charge in [-0.1, -0.05) is 12.1 Å². The second kappa shape index (κ2) is 11.6. The Morgan fingerprint density at radius 2 is 1.78 bits per heavy atom. The number of aromatic nitrogens is 3. The van der Waals surface area contributed by atoms with Crippen LogP contribution in [0.4, 0.5) is 23.3 Å². The van der Waals surface area contributed by atoms with Crippen molar-refractivity contribution in [1.29, 1.82) is 0 Å². The van der Waals surface area contributed by atoms with Gasteiger partial charge in [0.05, 0.1) is 21.5 Å². The van der Waals surface area contributed by atoms with Gasteiger partial charge in [0.2, 0.25) is 17.8 Å². The number of para-hydroxylation sites is 1. The molecule has 11 nitrogen and oxygen atoms in total. The molecule has 1 aromatic heterocycles. The molecule has 1 atom stereocenters. The molecule has 5 rings (SSSR count). The molecule has 0 radical (unpaired) electrons. The summed E-state index contributed by atoms with van der Waals surface area (Å²) in [4.78, 5) is 26.8. The number of aryl methyl sites for hydroxylation is 1. The van der Waals surface area contributed by atoms with Crippen molar-refractivity contribution in [1.82, 2.24) is 19.9 Å². The second-order valence-electron chi connectivity index (χ2n) is 10.9. The number of carbonyl (C=O) groups is 1. The van der Waals surface area contributed by atoms with E-state index in [1.54, 1.807) is 43.0 Å². The molecule has 2 aromatic carbocycles. The van der Waals surface area contributed by atoms with Gasteiger partial charge in [-0.3, -0.25) is 4.79 Å². The van der Waals surface area contributed by atoms with Gasteiger partial charge in [0.1, 0.15) is 24.8 Å². The number of nitrogens with zero attached hydrogens (tertiary/aromatic N) is 4. The second-order valence-corrected chi connectivity index (χ2v) is 13.4. The molecule has 0 saturated carbocycles. The number of rotatable bonds is 8. The van der Waals surface area contributed by atoms with Gasteiger partial charge in [0.25, 0.3) is 0 Å². The molecule has 0 unspecified atom stereocenters. The highest BCUT2D eigenvalue weighted by Gasteiger charge is 2.32. The number of likely N-dealkylation sites (tertiary alicyclic amines) is 1. The van der Waals surface area contributed by atoms with Crippen LogP contribution in [0.5, 0.6) is 5.75 Å². The number of nitrogens with one attached hydrogen (secondary N) is 2. The first-order valence-corrected chi connectivity index (χ1v) is 15.4. The average Bonchev–Trinajstić information content (AvgIpc) is 3.34. The van der Waals surface area contributed by atoms with Crippen LogP contribution in [-0.4, -0.2) is 70.3 Å². The largest absolute Gasteiger partial charge is 0.488 e. The normalized spacial score (nSPS) is 17.3. The lowest BCUT2D eigenvalue weighted by Crippen LogP contribution is -2.39. The van der Waals surface area contributed by atoms with Crippen LogP contribution in [0.25, 0.3) is 0 Å².